The third-order valence-corrected chi connectivity index (χ3v) is 5.74. The van der Waals surface area contributed by atoms with Crippen LogP contribution in [0.1, 0.15) is 11.3 Å². The van der Waals surface area contributed by atoms with Gasteiger partial charge in [-0.1, -0.05) is 11.6 Å². The van der Waals surface area contributed by atoms with E-state index in [0.29, 0.717) is 22.9 Å². The molecule has 0 aliphatic heterocycles. The van der Waals surface area contributed by atoms with E-state index in [1.165, 1.54) is 17.8 Å². The molecule has 0 aliphatic rings. The number of rotatable bonds is 7. The van der Waals surface area contributed by atoms with Crippen molar-refractivity contribution in [2.24, 2.45) is 0 Å². The molecule has 1 heterocycles. The summed E-state index contributed by atoms with van der Waals surface area (Å²) in [5, 5.41) is 4.50. The number of thioether (sulfide) groups is 1. The highest BCUT2D eigenvalue weighted by atomic mass is 35.5. The number of methoxy groups -OCH3 is 2. The fourth-order valence-corrected chi connectivity index (χ4v) is 3.92. The fraction of sp³-hybridized carbons (Fsp3) is 0.182. The van der Waals surface area contributed by atoms with Gasteiger partial charge in [-0.15, -0.1) is 11.8 Å². The van der Waals surface area contributed by atoms with Crippen LogP contribution in [0.2, 0.25) is 5.02 Å². The van der Waals surface area contributed by atoms with Crippen LogP contribution < -0.4 is 20.1 Å². The Morgan fingerprint density at radius 3 is 2.33 bits per heavy atom. The number of nitrogens with one attached hydrogen (secondary N) is 2. The third kappa shape index (κ3) is 6.45. The lowest BCUT2D eigenvalue weighted by Crippen LogP contribution is -2.19. The Kier molecular flexibility index (Phi) is 7.93. The standard InChI is InChI=1S/C22H19ClF3N3O3S/c1-31-19-9-10-27-18(20(19)32-2)12-33-15-6-3-13(4-7-15)28-21(30)29-14-5-8-17(23)16(11-14)22(24,25)26/h3-11H,12H2,1-2H3,(H2,28,29,30). The van der Waals surface area contributed by atoms with E-state index in [1.807, 2.05) is 0 Å². The molecule has 0 bridgehead atoms. The van der Waals surface area contributed by atoms with Crippen LogP contribution in [0.25, 0.3) is 0 Å². The average Bonchev–Trinajstić information content (AvgIpc) is 2.78. The van der Waals surface area contributed by atoms with E-state index in [4.69, 9.17) is 21.1 Å². The fourth-order valence-electron chi connectivity index (χ4n) is 2.85. The van der Waals surface area contributed by atoms with Gasteiger partial charge in [0.1, 0.15) is 0 Å². The molecule has 0 saturated carbocycles. The Morgan fingerprint density at radius 1 is 1.03 bits per heavy atom. The number of benzene rings is 2. The number of amides is 2. The number of pyridine rings is 1. The number of aromatic nitrogens is 1. The minimum Gasteiger partial charge on any atom is -0.493 e. The molecule has 0 aliphatic carbocycles. The van der Waals surface area contributed by atoms with E-state index < -0.39 is 22.8 Å². The van der Waals surface area contributed by atoms with Gasteiger partial charge in [0.25, 0.3) is 0 Å². The van der Waals surface area contributed by atoms with Crippen molar-refractivity contribution in [2.75, 3.05) is 24.9 Å². The monoisotopic (exact) mass is 497 g/mol. The predicted molar refractivity (Wildman–Crippen MR) is 122 cm³/mol. The molecule has 0 saturated heterocycles. The van der Waals surface area contributed by atoms with E-state index in [1.54, 1.807) is 50.7 Å². The summed E-state index contributed by atoms with van der Waals surface area (Å²) in [7, 11) is 3.10. The molecule has 3 rings (SSSR count). The van der Waals surface area contributed by atoms with E-state index in [0.717, 1.165) is 22.7 Å². The maximum atomic E-state index is 13.0. The van der Waals surface area contributed by atoms with Crippen molar-refractivity contribution >= 4 is 40.8 Å². The molecule has 174 valence electrons. The molecule has 2 N–H and O–H groups in total. The molecule has 33 heavy (non-hydrogen) atoms. The van der Waals surface area contributed by atoms with Gasteiger partial charge in [0.15, 0.2) is 11.5 Å². The molecule has 3 aromatic rings. The van der Waals surface area contributed by atoms with Crippen LogP contribution in [0.5, 0.6) is 11.5 Å². The number of hydrogen-bond donors (Lipinski definition) is 2. The number of ether oxygens (including phenoxy) is 2. The van der Waals surface area contributed by atoms with Crippen LogP contribution in [-0.4, -0.2) is 25.2 Å². The predicted octanol–water partition coefficient (Wildman–Crippen LogP) is 6.71. The number of alkyl halides is 3. The topological polar surface area (TPSA) is 72.5 Å². The molecule has 0 radical (unpaired) electrons. The van der Waals surface area contributed by atoms with Crippen LogP contribution in [0.4, 0.5) is 29.3 Å². The number of anilines is 2. The van der Waals surface area contributed by atoms with Crippen molar-refractivity contribution in [3.05, 3.63) is 71.0 Å². The first-order valence-electron chi connectivity index (χ1n) is 9.44. The quantitative estimate of drug-likeness (QED) is 0.355. The SMILES string of the molecule is COc1ccnc(CSc2ccc(NC(=O)Nc3ccc(Cl)c(C(F)(F)F)c3)cc2)c1OC. The van der Waals surface area contributed by atoms with Gasteiger partial charge in [0.2, 0.25) is 0 Å². The van der Waals surface area contributed by atoms with Gasteiger partial charge in [0.05, 0.1) is 30.5 Å². The smallest absolute Gasteiger partial charge is 0.417 e. The minimum atomic E-state index is -4.62. The van der Waals surface area contributed by atoms with E-state index in [9.17, 15) is 18.0 Å². The maximum Gasteiger partial charge on any atom is 0.417 e. The highest BCUT2D eigenvalue weighted by molar-refractivity contribution is 7.98. The summed E-state index contributed by atoms with van der Waals surface area (Å²) in [4.78, 5) is 17.4. The number of urea groups is 1. The molecule has 0 spiro atoms. The summed E-state index contributed by atoms with van der Waals surface area (Å²) in [5.74, 6) is 1.70. The Bertz CT molecular complexity index is 1130. The van der Waals surface area contributed by atoms with Gasteiger partial charge in [-0.3, -0.25) is 4.98 Å². The van der Waals surface area contributed by atoms with Gasteiger partial charge in [-0.05, 0) is 42.5 Å². The zero-order chi connectivity index (χ0) is 24.0. The summed E-state index contributed by atoms with van der Waals surface area (Å²) in [6.07, 6.45) is -2.98. The van der Waals surface area contributed by atoms with Crippen molar-refractivity contribution in [1.82, 2.24) is 4.98 Å². The summed E-state index contributed by atoms with van der Waals surface area (Å²) >= 11 is 7.10. The first-order chi connectivity index (χ1) is 15.7. The van der Waals surface area contributed by atoms with Crippen LogP contribution >= 0.6 is 23.4 Å². The van der Waals surface area contributed by atoms with Crippen LogP contribution in [-0.2, 0) is 11.9 Å². The van der Waals surface area contributed by atoms with Crippen molar-refractivity contribution in [1.29, 1.82) is 0 Å². The molecule has 1 aromatic heterocycles. The van der Waals surface area contributed by atoms with Gasteiger partial charge in [-0.2, -0.15) is 13.2 Å². The molecular formula is C22H19ClF3N3O3S. The molecular weight excluding hydrogens is 479 g/mol. The van der Waals surface area contributed by atoms with Crippen molar-refractivity contribution in [3.63, 3.8) is 0 Å². The molecule has 2 aromatic carbocycles. The Balaban J connectivity index is 1.59. The van der Waals surface area contributed by atoms with Crippen LogP contribution in [0.15, 0.2) is 59.6 Å². The van der Waals surface area contributed by atoms with Crippen molar-refractivity contribution in [2.45, 2.75) is 16.8 Å². The van der Waals surface area contributed by atoms with Crippen LogP contribution in [0, 0.1) is 0 Å². The normalized spacial score (nSPS) is 11.1. The van der Waals surface area contributed by atoms with E-state index >= 15 is 0 Å². The van der Waals surface area contributed by atoms with Crippen LogP contribution in [0.3, 0.4) is 0 Å². The lowest BCUT2D eigenvalue weighted by Gasteiger charge is -2.13. The van der Waals surface area contributed by atoms with Gasteiger partial charge >= 0.3 is 12.2 Å². The summed E-state index contributed by atoms with van der Waals surface area (Å²) in [5.41, 5.74) is 0.144. The highest BCUT2D eigenvalue weighted by Crippen LogP contribution is 2.36. The third-order valence-electron chi connectivity index (χ3n) is 4.38. The second kappa shape index (κ2) is 10.7. The summed E-state index contributed by atoms with van der Waals surface area (Å²) in [6, 6.07) is 11.2. The second-order valence-electron chi connectivity index (χ2n) is 6.58. The number of halogens is 4. The van der Waals surface area contributed by atoms with E-state index in [2.05, 4.69) is 15.6 Å². The summed E-state index contributed by atoms with van der Waals surface area (Å²) < 4.78 is 49.6. The molecule has 6 nitrogen and oxygen atoms in total. The second-order valence-corrected chi connectivity index (χ2v) is 8.03. The van der Waals surface area contributed by atoms with Gasteiger partial charge < -0.3 is 20.1 Å². The number of nitrogens with zero attached hydrogens (tertiary/aromatic N) is 1. The first kappa shape index (κ1) is 24.5. The van der Waals surface area contributed by atoms with Crippen molar-refractivity contribution in [3.8, 4) is 11.5 Å². The average molecular weight is 498 g/mol. The first-order valence-corrected chi connectivity index (χ1v) is 10.8. The molecule has 0 fully saturated rings. The number of carbonyl (C=O) groups is 1. The molecule has 0 atom stereocenters. The molecule has 2 amide bonds. The molecule has 0 unspecified atom stereocenters. The zero-order valence-electron chi connectivity index (χ0n) is 17.5. The number of carbonyl (C=O) groups excluding carboxylic acids is 1. The van der Waals surface area contributed by atoms with Gasteiger partial charge in [0, 0.05) is 34.3 Å². The van der Waals surface area contributed by atoms with Crippen molar-refractivity contribution < 1.29 is 27.4 Å². The zero-order valence-corrected chi connectivity index (χ0v) is 19.1. The lowest BCUT2D eigenvalue weighted by atomic mass is 10.2. The number of hydrogen-bond acceptors (Lipinski definition) is 5. The highest BCUT2D eigenvalue weighted by Gasteiger charge is 2.33. The Morgan fingerprint density at radius 2 is 1.70 bits per heavy atom. The van der Waals surface area contributed by atoms with Gasteiger partial charge in [-0.25, -0.2) is 4.79 Å². The minimum absolute atomic E-state index is 0.0314. The Hall–Kier alpha value is -3.11. The molecule has 11 heteroatoms. The van der Waals surface area contributed by atoms with E-state index in [-0.39, 0.29) is 5.69 Å². The maximum absolute atomic E-state index is 13.0. The largest absolute Gasteiger partial charge is 0.493 e. The Labute approximate surface area is 197 Å². The lowest BCUT2D eigenvalue weighted by molar-refractivity contribution is -0.137. The summed E-state index contributed by atoms with van der Waals surface area (Å²) in [6.45, 7) is 0.